The Morgan fingerprint density at radius 3 is 2.65 bits per heavy atom. The third-order valence-corrected chi connectivity index (χ3v) is 5.62. The lowest BCUT2D eigenvalue weighted by Crippen LogP contribution is -2.18. The molecule has 3 N–H and O–H groups in total. The highest BCUT2D eigenvalue weighted by Gasteiger charge is 2.19. The minimum absolute atomic E-state index is 0.00820. The third kappa shape index (κ3) is 4.64. The fourth-order valence-electron chi connectivity index (χ4n) is 2.01. The zero-order valence-corrected chi connectivity index (χ0v) is 18.0. The number of phenolic OH excluding ortho intramolecular Hbond substituents is 1. The molecule has 1 aromatic heterocycles. The number of aromatic nitrogens is 2. The number of hydrogen-bond donors (Lipinski definition) is 3. The number of aromatic amines is 1. The van der Waals surface area contributed by atoms with Crippen molar-refractivity contribution in [3.05, 3.63) is 38.0 Å². The van der Waals surface area contributed by atoms with Crippen molar-refractivity contribution in [2.45, 2.75) is 33.1 Å². The molecule has 0 fully saturated rings. The molecule has 0 atom stereocenters. The topological polar surface area (TPSA) is 99.6 Å². The molecule has 9 heteroatoms. The SMILES string of the molecule is CCOc1cc(C=NNC(=O)c2cc(C(C)(C)C)[nH]n2)c(Br)c(Br)c1O. The lowest BCUT2D eigenvalue weighted by atomic mass is 9.92. The van der Waals surface area contributed by atoms with Crippen molar-refractivity contribution >= 4 is 44.0 Å². The van der Waals surface area contributed by atoms with E-state index in [-0.39, 0.29) is 16.9 Å². The van der Waals surface area contributed by atoms with Gasteiger partial charge >= 0.3 is 0 Å². The van der Waals surface area contributed by atoms with Gasteiger partial charge < -0.3 is 9.84 Å². The Bertz CT molecular complexity index is 841. The number of H-pyrrole nitrogens is 1. The van der Waals surface area contributed by atoms with E-state index >= 15 is 0 Å². The van der Waals surface area contributed by atoms with Gasteiger partial charge in [0, 0.05) is 21.1 Å². The van der Waals surface area contributed by atoms with Crippen LogP contribution < -0.4 is 10.2 Å². The highest BCUT2D eigenvalue weighted by molar-refractivity contribution is 9.13. The quantitative estimate of drug-likeness (QED) is 0.436. The van der Waals surface area contributed by atoms with Gasteiger partial charge in [0.1, 0.15) is 0 Å². The van der Waals surface area contributed by atoms with E-state index in [0.29, 0.717) is 26.9 Å². The van der Waals surface area contributed by atoms with Gasteiger partial charge in [0.15, 0.2) is 17.2 Å². The molecule has 0 aliphatic heterocycles. The van der Waals surface area contributed by atoms with Crippen LogP contribution in [0.15, 0.2) is 26.2 Å². The number of halogens is 2. The first-order valence-electron chi connectivity index (χ1n) is 7.88. The first-order chi connectivity index (χ1) is 12.1. The second-order valence-electron chi connectivity index (χ2n) is 6.49. The number of phenols is 1. The molecule has 0 aliphatic rings. The number of hydrazone groups is 1. The number of hydrogen-bond acceptors (Lipinski definition) is 5. The summed E-state index contributed by atoms with van der Waals surface area (Å²) in [4.78, 5) is 12.2. The Morgan fingerprint density at radius 1 is 1.38 bits per heavy atom. The van der Waals surface area contributed by atoms with Crippen molar-refractivity contribution in [3.8, 4) is 11.5 Å². The molecular formula is C17H20Br2N4O3. The van der Waals surface area contributed by atoms with Gasteiger partial charge in [-0.3, -0.25) is 9.89 Å². The molecular weight excluding hydrogens is 468 g/mol. The lowest BCUT2D eigenvalue weighted by Gasteiger charge is -2.14. The van der Waals surface area contributed by atoms with E-state index < -0.39 is 5.91 Å². The molecule has 0 saturated heterocycles. The van der Waals surface area contributed by atoms with E-state index in [2.05, 4.69) is 52.6 Å². The third-order valence-electron chi connectivity index (χ3n) is 3.46. The van der Waals surface area contributed by atoms with Crippen LogP contribution in [0.4, 0.5) is 0 Å². The molecule has 2 rings (SSSR count). The summed E-state index contributed by atoms with van der Waals surface area (Å²) in [6, 6.07) is 3.32. The Kier molecular flexibility index (Phi) is 6.46. The molecule has 26 heavy (non-hydrogen) atoms. The number of amides is 1. The number of aromatic hydroxyl groups is 1. The standard InChI is InChI=1S/C17H20Br2N4O3/c1-5-26-11-6-9(13(18)14(19)15(11)24)8-20-23-16(25)10-7-12(22-21-10)17(2,3)4/h6-8,24H,5H2,1-4H3,(H,21,22)(H,23,25). The normalized spacial score (nSPS) is 11.8. The van der Waals surface area contributed by atoms with Gasteiger partial charge in [-0.05, 0) is 50.9 Å². The maximum atomic E-state index is 12.2. The molecule has 0 saturated carbocycles. The zero-order chi connectivity index (χ0) is 19.5. The Labute approximate surface area is 168 Å². The Balaban J connectivity index is 2.15. The summed E-state index contributed by atoms with van der Waals surface area (Å²) in [5.74, 6) is -0.115. The fourth-order valence-corrected chi connectivity index (χ4v) is 2.84. The molecule has 0 spiro atoms. The van der Waals surface area contributed by atoms with Gasteiger partial charge in [0.2, 0.25) is 0 Å². The number of carbonyl (C=O) groups is 1. The van der Waals surface area contributed by atoms with Crippen LogP contribution in [0.1, 0.15) is 49.4 Å². The first-order valence-corrected chi connectivity index (χ1v) is 9.46. The Hall–Kier alpha value is -1.87. The summed E-state index contributed by atoms with van der Waals surface area (Å²) < 4.78 is 6.41. The monoisotopic (exact) mass is 486 g/mol. The zero-order valence-electron chi connectivity index (χ0n) is 14.9. The molecule has 0 radical (unpaired) electrons. The average molecular weight is 488 g/mol. The van der Waals surface area contributed by atoms with Crippen molar-refractivity contribution in [3.63, 3.8) is 0 Å². The summed E-state index contributed by atoms with van der Waals surface area (Å²) in [5.41, 5.74) is 4.04. The molecule has 1 amide bonds. The van der Waals surface area contributed by atoms with Crippen LogP contribution in [0.2, 0.25) is 0 Å². The highest BCUT2D eigenvalue weighted by atomic mass is 79.9. The number of ether oxygens (including phenoxy) is 1. The minimum Gasteiger partial charge on any atom is -0.503 e. The van der Waals surface area contributed by atoms with Crippen LogP contribution in [0.5, 0.6) is 11.5 Å². The van der Waals surface area contributed by atoms with Crippen LogP contribution in [0, 0.1) is 0 Å². The summed E-state index contributed by atoms with van der Waals surface area (Å²) in [6.07, 6.45) is 1.45. The molecule has 1 aromatic carbocycles. The van der Waals surface area contributed by atoms with Gasteiger partial charge in [-0.1, -0.05) is 20.8 Å². The van der Waals surface area contributed by atoms with Crippen molar-refractivity contribution in [1.82, 2.24) is 15.6 Å². The lowest BCUT2D eigenvalue weighted by molar-refractivity contribution is 0.0950. The van der Waals surface area contributed by atoms with Crippen molar-refractivity contribution in [2.75, 3.05) is 6.61 Å². The van der Waals surface area contributed by atoms with Gasteiger partial charge in [0.25, 0.3) is 5.91 Å². The van der Waals surface area contributed by atoms with Crippen molar-refractivity contribution < 1.29 is 14.6 Å². The molecule has 7 nitrogen and oxygen atoms in total. The van der Waals surface area contributed by atoms with Crippen molar-refractivity contribution in [1.29, 1.82) is 0 Å². The van der Waals surface area contributed by atoms with E-state index in [1.54, 1.807) is 12.1 Å². The predicted molar refractivity (Wildman–Crippen MR) is 107 cm³/mol. The van der Waals surface area contributed by atoms with E-state index in [4.69, 9.17) is 4.74 Å². The molecule has 0 unspecified atom stereocenters. The molecule has 1 heterocycles. The second-order valence-corrected chi connectivity index (χ2v) is 8.08. The van der Waals surface area contributed by atoms with Crippen LogP contribution in [0.25, 0.3) is 0 Å². The van der Waals surface area contributed by atoms with Crippen LogP contribution in [-0.2, 0) is 5.41 Å². The summed E-state index contributed by atoms with van der Waals surface area (Å²) in [5, 5.41) is 20.9. The van der Waals surface area contributed by atoms with Crippen LogP contribution >= 0.6 is 31.9 Å². The van der Waals surface area contributed by atoms with E-state index in [1.807, 2.05) is 27.7 Å². The van der Waals surface area contributed by atoms with Crippen molar-refractivity contribution in [2.24, 2.45) is 5.10 Å². The maximum Gasteiger partial charge on any atom is 0.291 e. The minimum atomic E-state index is -0.424. The van der Waals surface area contributed by atoms with E-state index in [0.717, 1.165) is 5.69 Å². The largest absolute Gasteiger partial charge is 0.503 e. The smallest absolute Gasteiger partial charge is 0.291 e. The van der Waals surface area contributed by atoms with Crippen LogP contribution in [0.3, 0.4) is 0 Å². The van der Waals surface area contributed by atoms with Gasteiger partial charge in [-0.15, -0.1) is 0 Å². The van der Waals surface area contributed by atoms with Gasteiger partial charge in [-0.2, -0.15) is 10.2 Å². The number of benzene rings is 1. The van der Waals surface area contributed by atoms with Gasteiger partial charge in [0.05, 0.1) is 17.3 Å². The van der Waals surface area contributed by atoms with Crippen LogP contribution in [-0.4, -0.2) is 34.0 Å². The van der Waals surface area contributed by atoms with E-state index in [1.165, 1.54) is 6.21 Å². The number of carbonyl (C=O) groups excluding carboxylic acids is 1. The Morgan fingerprint density at radius 2 is 2.08 bits per heavy atom. The second kappa shape index (κ2) is 8.22. The maximum absolute atomic E-state index is 12.2. The van der Waals surface area contributed by atoms with Gasteiger partial charge in [-0.25, -0.2) is 5.43 Å². The highest BCUT2D eigenvalue weighted by Crippen LogP contribution is 2.41. The molecule has 140 valence electrons. The molecule has 2 aromatic rings. The summed E-state index contributed by atoms with van der Waals surface area (Å²) >= 11 is 6.66. The number of nitrogens with zero attached hydrogens (tertiary/aromatic N) is 2. The average Bonchev–Trinajstić information content (AvgIpc) is 3.07. The number of rotatable bonds is 5. The first kappa shape index (κ1) is 20.4. The van der Waals surface area contributed by atoms with E-state index in [9.17, 15) is 9.90 Å². The summed E-state index contributed by atoms with van der Waals surface area (Å²) in [6.45, 7) is 8.30. The predicted octanol–water partition coefficient (Wildman–Crippen LogP) is 4.10. The number of nitrogens with one attached hydrogen (secondary N) is 2. The fraction of sp³-hybridized carbons (Fsp3) is 0.353. The molecule has 0 bridgehead atoms. The summed E-state index contributed by atoms with van der Waals surface area (Å²) in [7, 11) is 0. The molecule has 0 aliphatic carbocycles.